The van der Waals surface area contributed by atoms with Gasteiger partial charge in [0.05, 0.1) is 15.7 Å². The van der Waals surface area contributed by atoms with Gasteiger partial charge in [-0.1, -0.05) is 6.58 Å². The molecule has 0 N–H and O–H groups in total. The van der Waals surface area contributed by atoms with Crippen molar-refractivity contribution in [3.63, 3.8) is 0 Å². The van der Waals surface area contributed by atoms with E-state index in [1.807, 2.05) is 0 Å². The zero-order valence-corrected chi connectivity index (χ0v) is 5.75. The molecule has 0 fully saturated rings. The Balaban J connectivity index is 4.05. The molecule has 46 valence electrons. The van der Waals surface area contributed by atoms with Crippen molar-refractivity contribution in [1.29, 1.82) is 0 Å². The van der Waals surface area contributed by atoms with E-state index in [2.05, 4.69) is 6.58 Å². The molecule has 0 aromatic heterocycles. The van der Waals surface area contributed by atoms with Crippen molar-refractivity contribution in [3.8, 4) is 0 Å². The Kier molecular flexibility index (Phi) is 2.62. The predicted molar refractivity (Wildman–Crippen MR) is 33.9 cm³/mol. The zero-order chi connectivity index (χ0) is 6.73. The average Bonchev–Trinajstić information content (AvgIpc) is 1.64. The van der Waals surface area contributed by atoms with Crippen LogP contribution in [0.15, 0.2) is 11.5 Å². The molecular weight excluding hydrogens is 124 g/mol. The zero-order valence-electron chi connectivity index (χ0n) is 4.93. The standard InChI is InChI=1S/C5H8O2S/c1-4(6)5(2)8(3)7/h2H2,1,3H3/t8-/m0/s1. The monoisotopic (exact) mass is 132 g/mol. The first-order valence-corrected chi connectivity index (χ1v) is 3.64. The Morgan fingerprint density at radius 1 is 1.62 bits per heavy atom. The van der Waals surface area contributed by atoms with Crippen LogP contribution in [0.2, 0.25) is 0 Å². The predicted octanol–water partition coefficient (Wildman–Crippen LogP) is 0.468. The van der Waals surface area contributed by atoms with Gasteiger partial charge >= 0.3 is 0 Å². The molecule has 0 unspecified atom stereocenters. The minimum Gasteiger partial charge on any atom is -0.294 e. The normalized spacial score (nSPS) is 12.8. The van der Waals surface area contributed by atoms with Crippen LogP contribution < -0.4 is 0 Å². The van der Waals surface area contributed by atoms with Crippen molar-refractivity contribution in [2.75, 3.05) is 6.26 Å². The maximum absolute atomic E-state index is 10.4. The van der Waals surface area contributed by atoms with Gasteiger partial charge < -0.3 is 0 Å². The van der Waals surface area contributed by atoms with Gasteiger partial charge in [-0.05, 0) is 6.92 Å². The number of allylic oxidation sites excluding steroid dienone is 1. The van der Waals surface area contributed by atoms with Crippen LogP contribution in [0.5, 0.6) is 0 Å². The lowest BCUT2D eigenvalue weighted by molar-refractivity contribution is -0.112. The van der Waals surface area contributed by atoms with Gasteiger partial charge in [-0.2, -0.15) is 0 Å². The molecule has 0 aliphatic rings. The molecule has 3 heteroatoms. The molecule has 0 radical (unpaired) electrons. The summed E-state index contributed by atoms with van der Waals surface area (Å²) >= 11 is 0. The first-order chi connectivity index (χ1) is 3.55. The van der Waals surface area contributed by atoms with Crippen molar-refractivity contribution in [2.24, 2.45) is 0 Å². The molecule has 0 heterocycles. The quantitative estimate of drug-likeness (QED) is 0.512. The van der Waals surface area contributed by atoms with Crippen molar-refractivity contribution in [1.82, 2.24) is 0 Å². The van der Waals surface area contributed by atoms with Crippen LogP contribution in [-0.4, -0.2) is 16.2 Å². The van der Waals surface area contributed by atoms with E-state index < -0.39 is 10.8 Å². The Hall–Kier alpha value is -0.440. The lowest BCUT2D eigenvalue weighted by atomic mass is 10.4. The fourth-order valence-corrected chi connectivity index (χ4v) is 0.607. The van der Waals surface area contributed by atoms with E-state index >= 15 is 0 Å². The maximum atomic E-state index is 10.4. The minimum atomic E-state index is -1.18. The molecule has 0 spiro atoms. The summed E-state index contributed by atoms with van der Waals surface area (Å²) in [6.45, 7) is 4.65. The second-order valence-electron chi connectivity index (χ2n) is 1.43. The average molecular weight is 132 g/mol. The maximum Gasteiger partial charge on any atom is 0.168 e. The number of ketones is 1. The van der Waals surface area contributed by atoms with Gasteiger partial charge in [0.1, 0.15) is 0 Å². The largest absolute Gasteiger partial charge is 0.294 e. The first-order valence-electron chi connectivity index (χ1n) is 2.09. The van der Waals surface area contributed by atoms with Crippen LogP contribution in [0.25, 0.3) is 0 Å². The molecule has 0 aliphatic carbocycles. The van der Waals surface area contributed by atoms with Gasteiger partial charge in [0.25, 0.3) is 0 Å². The molecule has 0 saturated heterocycles. The Labute approximate surface area is 51.0 Å². The highest BCUT2D eigenvalue weighted by Crippen LogP contribution is 1.94. The summed E-state index contributed by atoms with van der Waals surface area (Å²) in [4.78, 5) is 10.5. The summed E-state index contributed by atoms with van der Waals surface area (Å²) in [5.74, 6) is -0.203. The van der Waals surface area contributed by atoms with Gasteiger partial charge in [-0.3, -0.25) is 9.00 Å². The Morgan fingerprint density at radius 3 is 2.00 bits per heavy atom. The summed E-state index contributed by atoms with van der Waals surface area (Å²) in [7, 11) is -1.18. The highest BCUT2D eigenvalue weighted by Gasteiger charge is 2.01. The van der Waals surface area contributed by atoms with Crippen molar-refractivity contribution in [3.05, 3.63) is 11.5 Å². The van der Waals surface area contributed by atoms with E-state index in [0.717, 1.165) is 0 Å². The summed E-state index contributed by atoms with van der Waals surface area (Å²) in [5, 5.41) is 0. The Morgan fingerprint density at radius 2 is 2.00 bits per heavy atom. The Bertz CT molecular complexity index is 133. The van der Waals surface area contributed by atoms with Crippen molar-refractivity contribution < 1.29 is 9.00 Å². The molecule has 0 amide bonds. The highest BCUT2D eigenvalue weighted by molar-refractivity contribution is 7.89. The van der Waals surface area contributed by atoms with Crippen molar-refractivity contribution in [2.45, 2.75) is 6.92 Å². The van der Waals surface area contributed by atoms with Crippen LogP contribution in [0, 0.1) is 0 Å². The number of hydrogen-bond donors (Lipinski definition) is 0. The summed E-state index contributed by atoms with van der Waals surface area (Å²) in [6.07, 6.45) is 1.43. The SMILES string of the molecule is C=C(C(C)=O)[S@](C)=O. The molecule has 2 nitrogen and oxygen atoms in total. The molecule has 0 saturated carbocycles. The van der Waals surface area contributed by atoms with E-state index in [0.29, 0.717) is 0 Å². The van der Waals surface area contributed by atoms with Gasteiger partial charge in [-0.25, -0.2) is 0 Å². The summed E-state index contributed by atoms with van der Waals surface area (Å²) in [5.41, 5.74) is 0. The fraction of sp³-hybridized carbons (Fsp3) is 0.400. The van der Waals surface area contributed by atoms with Gasteiger partial charge in [0.15, 0.2) is 5.78 Å². The number of hydrogen-bond acceptors (Lipinski definition) is 2. The molecule has 0 aromatic rings. The highest BCUT2D eigenvalue weighted by atomic mass is 32.2. The van der Waals surface area contributed by atoms with Gasteiger partial charge in [0.2, 0.25) is 0 Å². The van der Waals surface area contributed by atoms with Gasteiger partial charge in [0, 0.05) is 6.26 Å². The number of rotatable bonds is 2. The molecular formula is C5H8O2S. The number of Topliss-reactive ketones (excluding diaryl/α,β-unsaturated/α-hetero) is 1. The third-order valence-corrected chi connectivity index (χ3v) is 1.72. The molecule has 0 aromatic carbocycles. The summed E-state index contributed by atoms with van der Waals surface area (Å²) < 4.78 is 10.4. The lowest BCUT2D eigenvalue weighted by Gasteiger charge is -1.90. The van der Waals surface area contributed by atoms with E-state index in [1.165, 1.54) is 13.2 Å². The molecule has 0 rings (SSSR count). The number of carbonyl (C=O) groups excluding carboxylic acids is 1. The summed E-state index contributed by atoms with van der Waals surface area (Å²) in [6, 6.07) is 0. The first kappa shape index (κ1) is 7.56. The van der Waals surface area contributed by atoms with E-state index in [9.17, 15) is 9.00 Å². The minimum absolute atomic E-state index is 0.185. The fourth-order valence-electron chi connectivity index (χ4n) is 0.202. The van der Waals surface area contributed by atoms with Crippen LogP contribution in [-0.2, 0) is 15.6 Å². The smallest absolute Gasteiger partial charge is 0.168 e. The topological polar surface area (TPSA) is 34.1 Å². The van der Waals surface area contributed by atoms with Crippen LogP contribution in [0.4, 0.5) is 0 Å². The molecule has 0 bridgehead atoms. The van der Waals surface area contributed by atoms with Crippen LogP contribution in [0.1, 0.15) is 6.92 Å². The third kappa shape index (κ3) is 2.02. The van der Waals surface area contributed by atoms with Gasteiger partial charge in [-0.15, -0.1) is 0 Å². The van der Waals surface area contributed by atoms with Crippen LogP contribution in [0.3, 0.4) is 0 Å². The molecule has 1 atom stereocenters. The third-order valence-electron chi connectivity index (χ3n) is 0.740. The second-order valence-corrected chi connectivity index (χ2v) is 2.83. The second kappa shape index (κ2) is 2.77. The van der Waals surface area contributed by atoms with Crippen LogP contribution >= 0.6 is 0 Å². The van der Waals surface area contributed by atoms with E-state index in [4.69, 9.17) is 0 Å². The molecule has 0 aliphatic heterocycles. The van der Waals surface area contributed by atoms with E-state index in [1.54, 1.807) is 0 Å². The molecule has 8 heavy (non-hydrogen) atoms. The van der Waals surface area contributed by atoms with Crippen molar-refractivity contribution >= 4 is 16.6 Å². The number of carbonyl (C=O) groups is 1. The lowest BCUT2D eigenvalue weighted by Crippen LogP contribution is -1.99. The van der Waals surface area contributed by atoms with E-state index in [-0.39, 0.29) is 10.7 Å².